The van der Waals surface area contributed by atoms with Gasteiger partial charge in [-0.05, 0) is 42.9 Å². The van der Waals surface area contributed by atoms with E-state index in [4.69, 9.17) is 4.74 Å². The maximum atomic E-state index is 12.2. The molecule has 0 spiro atoms. The highest BCUT2D eigenvalue weighted by Crippen LogP contribution is 2.15. The third-order valence-corrected chi connectivity index (χ3v) is 3.80. The molecule has 1 aromatic heterocycles. The average molecular weight is 340 g/mol. The maximum Gasteiger partial charge on any atom is 0.323 e. The highest BCUT2D eigenvalue weighted by Gasteiger charge is 2.09. The summed E-state index contributed by atoms with van der Waals surface area (Å²) in [7, 11) is 3.51. The molecule has 0 radical (unpaired) electrons. The summed E-state index contributed by atoms with van der Waals surface area (Å²) in [6.45, 7) is 0.883. The van der Waals surface area contributed by atoms with Crippen molar-refractivity contribution in [2.75, 3.05) is 26.0 Å². The number of aromatic amines is 2. The molecule has 130 valence electrons. The number of fused-ring (bicyclic) bond motifs is 1. The smallest absolute Gasteiger partial charge is 0.323 e. The summed E-state index contributed by atoms with van der Waals surface area (Å²) in [5, 5.41) is 2.84. The van der Waals surface area contributed by atoms with Gasteiger partial charge in [0, 0.05) is 12.2 Å². The van der Waals surface area contributed by atoms with Gasteiger partial charge >= 0.3 is 5.69 Å². The summed E-state index contributed by atoms with van der Waals surface area (Å²) in [6, 6.07) is 13.0. The van der Waals surface area contributed by atoms with E-state index in [-0.39, 0.29) is 18.1 Å². The minimum atomic E-state index is -0.267. The van der Waals surface area contributed by atoms with Gasteiger partial charge < -0.3 is 20.0 Å². The topological polar surface area (TPSA) is 90.2 Å². The zero-order valence-electron chi connectivity index (χ0n) is 14.1. The number of anilines is 1. The number of carbonyl (C=O) groups excluding carboxylic acids is 1. The molecule has 1 amide bonds. The third kappa shape index (κ3) is 4.27. The summed E-state index contributed by atoms with van der Waals surface area (Å²) in [4.78, 5) is 30.7. The predicted molar refractivity (Wildman–Crippen MR) is 96.9 cm³/mol. The number of hydrogen-bond donors (Lipinski definition) is 3. The number of carbonyl (C=O) groups is 1. The van der Waals surface area contributed by atoms with Crippen molar-refractivity contribution < 1.29 is 9.53 Å². The van der Waals surface area contributed by atoms with Gasteiger partial charge in [0.25, 0.3) is 0 Å². The lowest BCUT2D eigenvalue weighted by Gasteiger charge is -2.16. The number of ether oxygens (including phenoxy) is 1. The molecule has 3 N–H and O–H groups in total. The molecular weight excluding hydrogens is 320 g/mol. The van der Waals surface area contributed by atoms with Gasteiger partial charge in [-0.3, -0.25) is 9.69 Å². The lowest BCUT2D eigenvalue weighted by atomic mass is 10.2. The van der Waals surface area contributed by atoms with Crippen LogP contribution in [0.4, 0.5) is 5.69 Å². The number of amides is 1. The molecular formula is C18H20N4O3. The van der Waals surface area contributed by atoms with Crippen molar-refractivity contribution in [3.8, 4) is 5.75 Å². The van der Waals surface area contributed by atoms with Gasteiger partial charge in [0.1, 0.15) is 5.75 Å². The molecule has 3 aromatic rings. The van der Waals surface area contributed by atoms with Gasteiger partial charge in [-0.25, -0.2) is 4.79 Å². The molecule has 0 saturated heterocycles. The van der Waals surface area contributed by atoms with E-state index >= 15 is 0 Å². The van der Waals surface area contributed by atoms with E-state index in [2.05, 4.69) is 15.3 Å². The minimum Gasteiger partial charge on any atom is -0.497 e. The fraction of sp³-hybridized carbons (Fsp3) is 0.222. The number of nitrogens with one attached hydrogen (secondary N) is 3. The van der Waals surface area contributed by atoms with Crippen molar-refractivity contribution in [1.29, 1.82) is 0 Å². The maximum absolute atomic E-state index is 12.2. The van der Waals surface area contributed by atoms with Gasteiger partial charge in [0.05, 0.1) is 24.7 Å². The number of nitrogens with zero attached hydrogens (tertiary/aromatic N) is 1. The number of imidazole rings is 1. The van der Waals surface area contributed by atoms with E-state index in [1.165, 1.54) is 0 Å². The Labute approximate surface area is 144 Å². The normalized spacial score (nSPS) is 11.0. The number of rotatable bonds is 6. The second-order valence-corrected chi connectivity index (χ2v) is 5.91. The van der Waals surface area contributed by atoms with E-state index in [0.29, 0.717) is 23.3 Å². The molecule has 0 fully saturated rings. The molecule has 0 aliphatic carbocycles. The molecule has 0 aliphatic heterocycles. The number of aromatic nitrogens is 2. The van der Waals surface area contributed by atoms with Crippen LogP contribution in [0.25, 0.3) is 11.0 Å². The summed E-state index contributed by atoms with van der Waals surface area (Å²) < 4.78 is 5.21. The second-order valence-electron chi connectivity index (χ2n) is 5.91. The highest BCUT2D eigenvalue weighted by atomic mass is 16.5. The molecule has 7 nitrogen and oxygen atoms in total. The van der Waals surface area contributed by atoms with Crippen LogP contribution in [0, 0.1) is 0 Å². The molecule has 0 unspecified atom stereocenters. The SMILES string of the molecule is COc1cccc(CN(C)CC(=O)Nc2ccc3[nH]c(=O)[nH]c3c2)c1. The Hall–Kier alpha value is -3.06. The average Bonchev–Trinajstić information content (AvgIpc) is 2.94. The monoisotopic (exact) mass is 340 g/mol. The molecule has 0 saturated carbocycles. The van der Waals surface area contributed by atoms with Gasteiger partial charge in [-0.2, -0.15) is 0 Å². The Morgan fingerprint density at radius 3 is 2.76 bits per heavy atom. The van der Waals surface area contributed by atoms with Gasteiger partial charge in [-0.15, -0.1) is 0 Å². The lowest BCUT2D eigenvalue weighted by molar-refractivity contribution is -0.117. The fourth-order valence-electron chi connectivity index (χ4n) is 2.69. The van der Waals surface area contributed by atoms with Crippen LogP contribution in [0.15, 0.2) is 47.3 Å². The lowest BCUT2D eigenvalue weighted by Crippen LogP contribution is -2.29. The number of likely N-dealkylation sites (N-methyl/N-ethyl adjacent to an activating group) is 1. The molecule has 7 heteroatoms. The van der Waals surface area contributed by atoms with Crippen molar-refractivity contribution in [2.24, 2.45) is 0 Å². The molecule has 0 bridgehead atoms. The van der Waals surface area contributed by atoms with Crippen LogP contribution in [0.2, 0.25) is 0 Å². The van der Waals surface area contributed by atoms with Crippen LogP contribution in [0.3, 0.4) is 0 Å². The first-order chi connectivity index (χ1) is 12.0. The molecule has 0 aliphatic rings. The summed E-state index contributed by atoms with van der Waals surface area (Å²) in [6.07, 6.45) is 0. The van der Waals surface area contributed by atoms with Crippen LogP contribution in [0.1, 0.15) is 5.56 Å². The van der Waals surface area contributed by atoms with E-state index < -0.39 is 0 Å². The first-order valence-electron chi connectivity index (χ1n) is 7.87. The number of benzene rings is 2. The quantitative estimate of drug-likeness (QED) is 0.640. The number of hydrogen-bond acceptors (Lipinski definition) is 4. The summed E-state index contributed by atoms with van der Waals surface area (Å²) in [5.41, 5.74) is 2.81. The Morgan fingerprint density at radius 2 is 1.96 bits per heavy atom. The van der Waals surface area contributed by atoms with E-state index in [1.54, 1.807) is 25.3 Å². The van der Waals surface area contributed by atoms with Crippen LogP contribution < -0.4 is 15.7 Å². The first-order valence-corrected chi connectivity index (χ1v) is 7.87. The predicted octanol–water partition coefficient (Wildman–Crippen LogP) is 1.94. The van der Waals surface area contributed by atoms with E-state index in [9.17, 15) is 9.59 Å². The third-order valence-electron chi connectivity index (χ3n) is 3.80. The molecule has 0 atom stereocenters. The summed E-state index contributed by atoms with van der Waals surface area (Å²) >= 11 is 0. The molecule has 25 heavy (non-hydrogen) atoms. The van der Waals surface area contributed by atoms with Gasteiger partial charge in [-0.1, -0.05) is 12.1 Å². The van der Waals surface area contributed by atoms with Gasteiger partial charge in [0.2, 0.25) is 5.91 Å². The fourth-order valence-corrected chi connectivity index (χ4v) is 2.69. The number of methoxy groups -OCH3 is 1. The molecule has 2 aromatic carbocycles. The Balaban J connectivity index is 1.59. The van der Waals surface area contributed by atoms with Crippen molar-refractivity contribution in [3.05, 3.63) is 58.5 Å². The van der Waals surface area contributed by atoms with E-state index in [1.807, 2.05) is 36.2 Å². The largest absolute Gasteiger partial charge is 0.497 e. The van der Waals surface area contributed by atoms with Crippen molar-refractivity contribution in [1.82, 2.24) is 14.9 Å². The molecule has 1 heterocycles. The Morgan fingerprint density at radius 1 is 1.16 bits per heavy atom. The van der Waals surface area contributed by atoms with Crippen molar-refractivity contribution in [3.63, 3.8) is 0 Å². The second kappa shape index (κ2) is 7.23. The summed E-state index contributed by atoms with van der Waals surface area (Å²) in [5.74, 6) is 0.673. The standard InChI is InChI=1S/C18H20N4O3/c1-22(10-12-4-3-5-14(8-12)25-2)11-17(23)19-13-6-7-15-16(9-13)21-18(24)20-15/h3-9H,10-11H2,1-2H3,(H,19,23)(H2,20,21,24). The zero-order valence-corrected chi connectivity index (χ0v) is 14.1. The first kappa shape index (κ1) is 16.8. The minimum absolute atomic E-state index is 0.123. The number of H-pyrrole nitrogens is 2. The van der Waals surface area contributed by atoms with Crippen molar-refractivity contribution >= 4 is 22.6 Å². The zero-order chi connectivity index (χ0) is 17.8. The van der Waals surface area contributed by atoms with Crippen LogP contribution in [-0.4, -0.2) is 41.5 Å². The van der Waals surface area contributed by atoms with Crippen LogP contribution in [-0.2, 0) is 11.3 Å². The Bertz CT molecular complexity index is 945. The van der Waals surface area contributed by atoms with Crippen molar-refractivity contribution in [2.45, 2.75) is 6.54 Å². The van der Waals surface area contributed by atoms with E-state index in [0.717, 1.165) is 11.3 Å². The van der Waals surface area contributed by atoms with Crippen LogP contribution >= 0.6 is 0 Å². The van der Waals surface area contributed by atoms with Gasteiger partial charge in [0.15, 0.2) is 0 Å². The van der Waals surface area contributed by atoms with Crippen LogP contribution in [0.5, 0.6) is 5.75 Å². The molecule has 3 rings (SSSR count). The highest BCUT2D eigenvalue weighted by molar-refractivity contribution is 5.94. The Kier molecular flexibility index (Phi) is 4.85.